The van der Waals surface area contributed by atoms with Crippen LogP contribution in [-0.2, 0) is 21.2 Å². The maximum absolute atomic E-state index is 13.2. The van der Waals surface area contributed by atoms with E-state index in [1.807, 2.05) is 24.3 Å². The van der Waals surface area contributed by atoms with Gasteiger partial charge in [-0.1, -0.05) is 67.8 Å². The Bertz CT molecular complexity index is 1260. The predicted molar refractivity (Wildman–Crippen MR) is 139 cm³/mol. The highest BCUT2D eigenvalue weighted by Crippen LogP contribution is 2.30. The number of hydrogen-bond donors (Lipinski definition) is 4. The molecular formula is C26H30BN3O6S. The monoisotopic (exact) mass is 523 g/mol. The van der Waals surface area contributed by atoms with Crippen molar-refractivity contribution in [2.75, 3.05) is 0 Å². The molecule has 1 fully saturated rings. The number of pyridine rings is 1. The van der Waals surface area contributed by atoms with Crippen molar-refractivity contribution in [1.82, 2.24) is 15.0 Å². The predicted octanol–water partition coefficient (Wildman–Crippen LogP) is 2.45. The smallest absolute Gasteiger partial charge is 0.439 e. The first kappa shape index (κ1) is 26.8. The summed E-state index contributed by atoms with van der Waals surface area (Å²) in [6.45, 7) is 0. The number of sulfonamides is 1. The average molecular weight is 523 g/mol. The largest absolute Gasteiger partial charge is 0.475 e. The van der Waals surface area contributed by atoms with Crippen LogP contribution in [0.2, 0.25) is 0 Å². The van der Waals surface area contributed by atoms with Crippen molar-refractivity contribution >= 4 is 23.0 Å². The molecule has 11 heteroatoms. The van der Waals surface area contributed by atoms with Gasteiger partial charge in [0.15, 0.2) is 0 Å². The lowest BCUT2D eigenvalue weighted by molar-refractivity contribution is -0.123. The SMILES string of the molecule is O=C(N[C@@H](CC1CCC1)B(O)O)[C@H](Cc1ccccc1)NS(=O)(=O)c1ccc(Oc2ccccc2)nc1. The first-order valence-corrected chi connectivity index (χ1v) is 13.7. The van der Waals surface area contributed by atoms with Crippen LogP contribution in [0.1, 0.15) is 31.2 Å². The summed E-state index contributed by atoms with van der Waals surface area (Å²) in [4.78, 5) is 17.2. The Morgan fingerprint density at radius 2 is 1.70 bits per heavy atom. The van der Waals surface area contributed by atoms with Gasteiger partial charge in [0.25, 0.3) is 0 Å². The maximum Gasteiger partial charge on any atom is 0.475 e. The lowest BCUT2D eigenvalue weighted by atomic mass is 9.69. The van der Waals surface area contributed by atoms with Gasteiger partial charge in [-0.2, -0.15) is 4.72 Å². The van der Waals surface area contributed by atoms with Crippen molar-refractivity contribution in [3.8, 4) is 11.6 Å². The Morgan fingerprint density at radius 3 is 2.27 bits per heavy atom. The zero-order valence-corrected chi connectivity index (χ0v) is 21.0. The molecule has 1 saturated carbocycles. The lowest BCUT2D eigenvalue weighted by Gasteiger charge is -2.30. The molecule has 0 unspecified atom stereocenters. The molecule has 0 bridgehead atoms. The number of amides is 1. The molecule has 9 nitrogen and oxygen atoms in total. The summed E-state index contributed by atoms with van der Waals surface area (Å²) in [5.41, 5.74) is 0.746. The van der Waals surface area contributed by atoms with Gasteiger partial charge in [0.2, 0.25) is 21.8 Å². The van der Waals surface area contributed by atoms with Gasteiger partial charge >= 0.3 is 7.12 Å². The quantitative estimate of drug-likeness (QED) is 0.268. The number of nitrogens with zero attached hydrogens (tertiary/aromatic N) is 1. The van der Waals surface area contributed by atoms with Crippen LogP contribution in [0.15, 0.2) is 83.9 Å². The molecule has 0 radical (unpaired) electrons. The van der Waals surface area contributed by atoms with Crippen molar-refractivity contribution in [2.24, 2.45) is 5.92 Å². The number of ether oxygens (including phenoxy) is 1. The number of carbonyl (C=O) groups excluding carboxylic acids is 1. The van der Waals surface area contributed by atoms with E-state index in [1.165, 1.54) is 12.1 Å². The molecule has 1 heterocycles. The molecular weight excluding hydrogens is 493 g/mol. The molecule has 0 aliphatic heterocycles. The molecule has 4 N–H and O–H groups in total. The fraction of sp³-hybridized carbons (Fsp3) is 0.308. The summed E-state index contributed by atoms with van der Waals surface area (Å²) in [6.07, 6.45) is 4.67. The van der Waals surface area contributed by atoms with Crippen LogP contribution in [0.3, 0.4) is 0 Å². The highest BCUT2D eigenvalue weighted by atomic mass is 32.2. The maximum atomic E-state index is 13.2. The van der Waals surface area contributed by atoms with Gasteiger partial charge in [-0.3, -0.25) is 4.79 Å². The Morgan fingerprint density at radius 1 is 1.03 bits per heavy atom. The topological polar surface area (TPSA) is 138 Å². The normalized spacial score (nSPS) is 15.3. The molecule has 3 aromatic rings. The number of para-hydroxylation sites is 1. The van der Waals surface area contributed by atoms with E-state index >= 15 is 0 Å². The zero-order chi connectivity index (χ0) is 26.3. The first-order valence-electron chi connectivity index (χ1n) is 12.2. The summed E-state index contributed by atoms with van der Waals surface area (Å²) in [5, 5.41) is 22.3. The Balaban J connectivity index is 1.49. The molecule has 1 amide bonds. The van der Waals surface area contributed by atoms with Crippen molar-refractivity contribution in [1.29, 1.82) is 0 Å². The minimum absolute atomic E-state index is 0.0756. The van der Waals surface area contributed by atoms with Crippen LogP contribution >= 0.6 is 0 Å². The van der Waals surface area contributed by atoms with Gasteiger partial charge in [-0.25, -0.2) is 13.4 Å². The average Bonchev–Trinajstić information content (AvgIpc) is 2.86. The van der Waals surface area contributed by atoms with Gasteiger partial charge in [0.1, 0.15) is 16.7 Å². The molecule has 1 aromatic heterocycles. The van der Waals surface area contributed by atoms with E-state index in [4.69, 9.17) is 4.74 Å². The molecule has 37 heavy (non-hydrogen) atoms. The highest BCUT2D eigenvalue weighted by Gasteiger charge is 2.34. The molecule has 4 rings (SSSR count). The van der Waals surface area contributed by atoms with Crippen LogP contribution in [0.25, 0.3) is 0 Å². The molecule has 1 aliphatic carbocycles. The summed E-state index contributed by atoms with van der Waals surface area (Å²) in [5.74, 6) is -0.442. The molecule has 0 spiro atoms. The number of hydrogen-bond acceptors (Lipinski definition) is 7. The Labute approximate surface area is 217 Å². The fourth-order valence-electron chi connectivity index (χ4n) is 4.11. The third kappa shape index (κ3) is 7.62. The van der Waals surface area contributed by atoms with Gasteiger partial charge in [0, 0.05) is 6.07 Å². The minimum Gasteiger partial charge on any atom is -0.439 e. The van der Waals surface area contributed by atoms with Gasteiger partial charge in [-0.05, 0) is 42.5 Å². The number of aromatic nitrogens is 1. The van der Waals surface area contributed by atoms with E-state index in [0.717, 1.165) is 31.0 Å². The van der Waals surface area contributed by atoms with Crippen molar-refractivity contribution < 1.29 is 28.0 Å². The number of benzene rings is 2. The summed E-state index contributed by atoms with van der Waals surface area (Å²) in [7, 11) is -5.89. The third-order valence-corrected chi connectivity index (χ3v) is 7.84. The Kier molecular flexibility index (Phi) is 8.93. The van der Waals surface area contributed by atoms with Crippen molar-refractivity contribution in [2.45, 2.75) is 49.0 Å². The van der Waals surface area contributed by atoms with E-state index < -0.39 is 35.0 Å². The van der Waals surface area contributed by atoms with Gasteiger partial charge < -0.3 is 20.1 Å². The minimum atomic E-state index is -4.14. The number of nitrogens with one attached hydrogen (secondary N) is 2. The van der Waals surface area contributed by atoms with Crippen LogP contribution in [0, 0.1) is 5.92 Å². The number of rotatable bonds is 12. The first-order chi connectivity index (χ1) is 17.8. The molecule has 2 atom stereocenters. The second-order valence-electron chi connectivity index (χ2n) is 9.17. The third-order valence-electron chi connectivity index (χ3n) is 6.38. The summed E-state index contributed by atoms with van der Waals surface area (Å²) >= 11 is 0. The van der Waals surface area contributed by atoms with Crippen molar-refractivity contribution in [3.63, 3.8) is 0 Å². The second-order valence-corrected chi connectivity index (χ2v) is 10.9. The fourth-order valence-corrected chi connectivity index (χ4v) is 5.25. The molecule has 2 aromatic carbocycles. The van der Waals surface area contributed by atoms with Crippen LogP contribution in [-0.4, -0.2) is 48.5 Å². The summed E-state index contributed by atoms with van der Waals surface area (Å²) < 4.78 is 34.5. The van der Waals surface area contributed by atoms with Gasteiger partial charge in [0.05, 0.1) is 12.1 Å². The lowest BCUT2D eigenvalue weighted by Crippen LogP contribution is -2.55. The second kappa shape index (κ2) is 12.3. The van der Waals surface area contributed by atoms with E-state index in [0.29, 0.717) is 18.1 Å². The van der Waals surface area contributed by atoms with Gasteiger partial charge in [-0.15, -0.1) is 0 Å². The number of carbonyl (C=O) groups is 1. The highest BCUT2D eigenvalue weighted by molar-refractivity contribution is 7.89. The van der Waals surface area contributed by atoms with Crippen LogP contribution in [0.4, 0.5) is 0 Å². The van der Waals surface area contributed by atoms with E-state index in [9.17, 15) is 23.3 Å². The van der Waals surface area contributed by atoms with E-state index in [1.54, 1.807) is 36.4 Å². The molecule has 194 valence electrons. The molecule has 1 aliphatic rings. The van der Waals surface area contributed by atoms with E-state index in [-0.39, 0.29) is 17.2 Å². The van der Waals surface area contributed by atoms with E-state index in [2.05, 4.69) is 15.0 Å². The molecule has 0 saturated heterocycles. The zero-order valence-electron chi connectivity index (χ0n) is 20.2. The standard InChI is InChI=1S/C26H30BN3O6S/c31-26(29-24(27(32)33)17-20-10-7-11-20)23(16-19-8-3-1-4-9-19)30-37(34,35)22-14-15-25(28-18-22)36-21-12-5-2-6-13-21/h1-6,8-9,12-15,18,20,23-24,30,32-33H,7,10-11,16-17H2,(H,29,31)/t23-,24-/m0/s1. The summed E-state index contributed by atoms with van der Waals surface area (Å²) in [6, 6.07) is 19.6. The van der Waals surface area contributed by atoms with Crippen molar-refractivity contribution in [3.05, 3.63) is 84.6 Å². The Hall–Kier alpha value is -3.25. The van der Waals surface area contributed by atoms with Crippen LogP contribution < -0.4 is 14.8 Å². The van der Waals surface area contributed by atoms with Crippen LogP contribution in [0.5, 0.6) is 11.6 Å².